The van der Waals surface area contributed by atoms with Crippen molar-refractivity contribution in [3.63, 3.8) is 0 Å². The molecule has 1 spiro atoms. The molecule has 2 aliphatic carbocycles. The van der Waals surface area contributed by atoms with Crippen molar-refractivity contribution in [3.05, 3.63) is 33.7 Å². The van der Waals surface area contributed by atoms with Gasteiger partial charge in [0.25, 0.3) is 11.5 Å². The number of nitrogens with zero attached hydrogens (tertiary/aromatic N) is 1. The number of hydrogen-bond acceptors (Lipinski definition) is 2. The summed E-state index contributed by atoms with van der Waals surface area (Å²) < 4.78 is 0. The molecule has 1 aliphatic heterocycles. The maximum atomic E-state index is 12.5. The van der Waals surface area contributed by atoms with Crippen LogP contribution in [0.15, 0.2) is 16.9 Å². The van der Waals surface area contributed by atoms with Gasteiger partial charge >= 0.3 is 0 Å². The van der Waals surface area contributed by atoms with Crippen LogP contribution < -0.4 is 5.56 Å². The largest absolute Gasteiger partial charge is 0.338 e. The molecule has 1 N–H and O–H groups in total. The number of nitrogens with one attached hydrogen (secondary N) is 1. The van der Waals surface area contributed by atoms with Crippen LogP contribution in [-0.4, -0.2) is 28.9 Å². The fourth-order valence-electron chi connectivity index (χ4n) is 3.43. The zero-order valence-electron chi connectivity index (χ0n) is 11.7. The fourth-order valence-corrected chi connectivity index (χ4v) is 3.43. The molecular formula is C16H20N2O2. The molecule has 0 atom stereocenters. The molecule has 0 radical (unpaired) electrons. The van der Waals surface area contributed by atoms with Crippen LogP contribution in [0.4, 0.5) is 0 Å². The summed E-state index contributed by atoms with van der Waals surface area (Å²) in [4.78, 5) is 29.4. The van der Waals surface area contributed by atoms with Crippen LogP contribution in [-0.2, 0) is 0 Å². The van der Waals surface area contributed by atoms with E-state index in [0.29, 0.717) is 16.9 Å². The molecule has 4 nitrogen and oxygen atoms in total. The molecule has 1 aromatic rings. The summed E-state index contributed by atoms with van der Waals surface area (Å²) in [6.45, 7) is 1.64. The molecule has 3 aliphatic rings. The van der Waals surface area contributed by atoms with Gasteiger partial charge in [-0.3, -0.25) is 9.59 Å². The zero-order valence-corrected chi connectivity index (χ0v) is 11.7. The lowest BCUT2D eigenvalue weighted by molar-refractivity contribution is 0.0653. The average Bonchev–Trinajstić information content (AvgIpc) is 3.35. The Bertz CT molecular complexity index is 611. The number of H-pyrrole nitrogens is 1. The molecule has 1 aromatic heterocycles. The van der Waals surface area contributed by atoms with E-state index < -0.39 is 0 Å². The zero-order chi connectivity index (χ0) is 13.7. The van der Waals surface area contributed by atoms with Crippen LogP contribution in [0.25, 0.3) is 0 Å². The Labute approximate surface area is 118 Å². The maximum Gasteiger partial charge on any atom is 0.261 e. The van der Waals surface area contributed by atoms with E-state index in [9.17, 15) is 9.59 Å². The number of amides is 1. The first-order chi connectivity index (χ1) is 9.67. The minimum absolute atomic E-state index is 0.0837. The predicted octanol–water partition coefficient (Wildman–Crippen LogP) is 2.27. The van der Waals surface area contributed by atoms with E-state index in [1.807, 2.05) is 11.0 Å². The molecule has 2 heterocycles. The summed E-state index contributed by atoms with van der Waals surface area (Å²) in [5, 5.41) is 0. The topological polar surface area (TPSA) is 53.2 Å². The Hall–Kier alpha value is -1.58. The minimum Gasteiger partial charge on any atom is -0.338 e. The number of rotatable bonds is 2. The van der Waals surface area contributed by atoms with Crippen molar-refractivity contribution in [1.29, 1.82) is 0 Å². The van der Waals surface area contributed by atoms with Crippen molar-refractivity contribution in [1.82, 2.24) is 9.88 Å². The van der Waals surface area contributed by atoms with Gasteiger partial charge < -0.3 is 9.88 Å². The number of carbonyl (C=O) groups is 1. The Morgan fingerprint density at radius 3 is 2.70 bits per heavy atom. The van der Waals surface area contributed by atoms with Gasteiger partial charge in [0.1, 0.15) is 5.56 Å². The quantitative estimate of drug-likeness (QED) is 0.898. The van der Waals surface area contributed by atoms with Gasteiger partial charge in [-0.05, 0) is 62.0 Å². The number of piperidine rings is 1. The number of carbonyl (C=O) groups excluding carboxylic acids is 1. The SMILES string of the molecule is O=C(c1ccc(C2CC2)[nH]c1=O)N1CCCC2(CC2)C1. The summed E-state index contributed by atoms with van der Waals surface area (Å²) in [5.41, 5.74) is 1.49. The summed E-state index contributed by atoms with van der Waals surface area (Å²) in [7, 11) is 0. The average molecular weight is 272 g/mol. The van der Waals surface area contributed by atoms with E-state index in [1.54, 1.807) is 6.07 Å². The molecule has 3 fully saturated rings. The molecule has 0 bridgehead atoms. The van der Waals surface area contributed by atoms with Crippen molar-refractivity contribution in [2.75, 3.05) is 13.1 Å². The summed E-state index contributed by atoms with van der Waals surface area (Å²) >= 11 is 0. The van der Waals surface area contributed by atoms with Crippen LogP contribution in [0.3, 0.4) is 0 Å². The van der Waals surface area contributed by atoms with E-state index >= 15 is 0 Å². The first kappa shape index (κ1) is 12.2. The van der Waals surface area contributed by atoms with E-state index in [0.717, 1.165) is 38.0 Å². The fraction of sp³-hybridized carbons (Fsp3) is 0.625. The van der Waals surface area contributed by atoms with E-state index in [2.05, 4.69) is 4.98 Å². The smallest absolute Gasteiger partial charge is 0.261 e. The van der Waals surface area contributed by atoms with Gasteiger partial charge in [0.2, 0.25) is 0 Å². The molecular weight excluding hydrogens is 252 g/mol. The Kier molecular flexibility index (Phi) is 2.56. The molecule has 1 amide bonds. The van der Waals surface area contributed by atoms with Gasteiger partial charge in [-0.25, -0.2) is 0 Å². The number of likely N-dealkylation sites (tertiary alicyclic amines) is 1. The third kappa shape index (κ3) is 2.07. The normalized spacial score (nSPS) is 23.9. The van der Waals surface area contributed by atoms with Crippen molar-refractivity contribution in [3.8, 4) is 0 Å². The first-order valence-corrected chi connectivity index (χ1v) is 7.69. The molecule has 1 saturated heterocycles. The monoisotopic (exact) mass is 272 g/mol. The van der Waals surface area contributed by atoms with Gasteiger partial charge in [0.05, 0.1) is 0 Å². The van der Waals surface area contributed by atoms with Crippen molar-refractivity contribution in [2.24, 2.45) is 5.41 Å². The second-order valence-corrected chi connectivity index (χ2v) is 6.76. The van der Waals surface area contributed by atoms with E-state index in [1.165, 1.54) is 19.3 Å². The van der Waals surface area contributed by atoms with Crippen LogP contribution in [0.1, 0.15) is 60.5 Å². The van der Waals surface area contributed by atoms with Crippen LogP contribution in [0.2, 0.25) is 0 Å². The van der Waals surface area contributed by atoms with Gasteiger partial charge in [0, 0.05) is 18.8 Å². The number of aromatic nitrogens is 1. The van der Waals surface area contributed by atoms with Crippen LogP contribution in [0, 0.1) is 5.41 Å². The Morgan fingerprint density at radius 1 is 1.25 bits per heavy atom. The van der Waals surface area contributed by atoms with Gasteiger partial charge in [0.15, 0.2) is 0 Å². The molecule has 4 heteroatoms. The highest BCUT2D eigenvalue weighted by molar-refractivity contribution is 5.94. The summed E-state index contributed by atoms with van der Waals surface area (Å²) in [6, 6.07) is 3.64. The Balaban J connectivity index is 1.57. The highest BCUT2D eigenvalue weighted by Crippen LogP contribution is 2.52. The lowest BCUT2D eigenvalue weighted by atomic mass is 9.94. The maximum absolute atomic E-state index is 12.5. The Morgan fingerprint density at radius 2 is 2.05 bits per heavy atom. The standard InChI is InChI=1S/C16H20N2O2/c19-14-12(4-5-13(17-14)11-2-3-11)15(20)18-9-1-6-16(10-18)7-8-16/h4-5,11H,1-3,6-10H2,(H,17,19). The van der Waals surface area contributed by atoms with Crippen molar-refractivity contribution < 1.29 is 4.79 Å². The highest BCUT2D eigenvalue weighted by Gasteiger charge is 2.46. The molecule has 0 unspecified atom stereocenters. The van der Waals surface area contributed by atoms with Crippen molar-refractivity contribution >= 4 is 5.91 Å². The second kappa shape index (κ2) is 4.21. The predicted molar refractivity (Wildman–Crippen MR) is 75.8 cm³/mol. The molecule has 106 valence electrons. The summed E-state index contributed by atoms with van der Waals surface area (Å²) in [5.74, 6) is 0.427. The summed E-state index contributed by atoms with van der Waals surface area (Å²) in [6.07, 6.45) is 7.11. The van der Waals surface area contributed by atoms with Gasteiger partial charge in [-0.1, -0.05) is 0 Å². The molecule has 20 heavy (non-hydrogen) atoms. The number of pyridine rings is 1. The van der Waals surface area contributed by atoms with Crippen LogP contribution in [0.5, 0.6) is 0 Å². The molecule has 2 saturated carbocycles. The lowest BCUT2D eigenvalue weighted by Crippen LogP contribution is -2.42. The first-order valence-electron chi connectivity index (χ1n) is 7.69. The highest BCUT2D eigenvalue weighted by atomic mass is 16.2. The van der Waals surface area contributed by atoms with Gasteiger partial charge in [-0.2, -0.15) is 0 Å². The molecule has 4 rings (SSSR count). The van der Waals surface area contributed by atoms with Crippen molar-refractivity contribution in [2.45, 2.75) is 44.4 Å². The van der Waals surface area contributed by atoms with E-state index in [-0.39, 0.29) is 11.5 Å². The van der Waals surface area contributed by atoms with E-state index in [4.69, 9.17) is 0 Å². The van der Waals surface area contributed by atoms with Crippen LogP contribution >= 0.6 is 0 Å². The number of aromatic amines is 1. The molecule has 0 aromatic carbocycles. The third-order valence-corrected chi connectivity index (χ3v) is 5.09. The lowest BCUT2D eigenvalue weighted by Gasteiger charge is -2.32. The van der Waals surface area contributed by atoms with Gasteiger partial charge in [-0.15, -0.1) is 0 Å². The second-order valence-electron chi connectivity index (χ2n) is 6.76. The number of hydrogen-bond donors (Lipinski definition) is 1. The minimum atomic E-state index is -0.213. The third-order valence-electron chi connectivity index (χ3n) is 5.09.